The molecule has 74 valence electrons. The van der Waals surface area contributed by atoms with Crippen molar-refractivity contribution in [2.75, 3.05) is 12.4 Å². The number of nitrogens with one attached hydrogen (secondary N) is 2. The van der Waals surface area contributed by atoms with Gasteiger partial charge in [0, 0.05) is 7.05 Å². The molecule has 0 aliphatic carbocycles. The second-order valence-electron chi connectivity index (χ2n) is 2.46. The molecule has 0 spiro atoms. The number of pyridine rings is 1. The van der Waals surface area contributed by atoms with Crippen LogP contribution >= 0.6 is 12.2 Å². The van der Waals surface area contributed by atoms with E-state index < -0.39 is 0 Å². The summed E-state index contributed by atoms with van der Waals surface area (Å²) in [7, 11) is 1.83. The molecule has 0 bridgehead atoms. The van der Waals surface area contributed by atoms with Crippen LogP contribution in [0, 0.1) is 0 Å². The van der Waals surface area contributed by atoms with E-state index >= 15 is 0 Å². The van der Waals surface area contributed by atoms with Gasteiger partial charge in [-0.3, -0.25) is 10.4 Å². The Morgan fingerprint density at radius 1 is 1.64 bits per heavy atom. The van der Waals surface area contributed by atoms with E-state index in [0.29, 0.717) is 0 Å². The molecule has 1 heterocycles. The molecule has 5 nitrogen and oxygen atoms in total. The van der Waals surface area contributed by atoms with E-state index in [-0.39, 0.29) is 5.11 Å². The van der Waals surface area contributed by atoms with Crippen molar-refractivity contribution >= 4 is 29.2 Å². The zero-order valence-electron chi connectivity index (χ0n) is 7.69. The number of hydrazone groups is 1. The van der Waals surface area contributed by atoms with Crippen LogP contribution < -0.4 is 16.5 Å². The molecule has 1 aromatic heterocycles. The normalized spacial score (nSPS) is 10.1. The SMILES string of the molecule is CNc1ccc(/C=N/NC(N)=S)nc1. The number of nitrogens with two attached hydrogens (primary N) is 1. The van der Waals surface area contributed by atoms with Crippen LogP contribution in [-0.2, 0) is 0 Å². The van der Waals surface area contributed by atoms with Gasteiger partial charge in [0.2, 0.25) is 0 Å². The van der Waals surface area contributed by atoms with Crippen molar-refractivity contribution in [3.8, 4) is 0 Å². The van der Waals surface area contributed by atoms with Gasteiger partial charge < -0.3 is 11.1 Å². The molecule has 0 atom stereocenters. The zero-order chi connectivity index (χ0) is 10.4. The summed E-state index contributed by atoms with van der Waals surface area (Å²) >= 11 is 4.57. The summed E-state index contributed by atoms with van der Waals surface area (Å²) in [5, 5.41) is 6.87. The lowest BCUT2D eigenvalue weighted by atomic mass is 10.3. The number of nitrogens with zero attached hydrogens (tertiary/aromatic N) is 2. The topological polar surface area (TPSA) is 75.3 Å². The Morgan fingerprint density at radius 3 is 2.93 bits per heavy atom. The van der Waals surface area contributed by atoms with Crippen molar-refractivity contribution in [3.63, 3.8) is 0 Å². The van der Waals surface area contributed by atoms with Gasteiger partial charge in [-0.25, -0.2) is 0 Å². The maximum Gasteiger partial charge on any atom is 0.184 e. The number of aromatic nitrogens is 1. The highest BCUT2D eigenvalue weighted by Crippen LogP contribution is 2.02. The molecule has 0 unspecified atom stereocenters. The van der Waals surface area contributed by atoms with Gasteiger partial charge in [0.05, 0.1) is 23.8 Å². The van der Waals surface area contributed by atoms with Crippen LogP contribution in [0.2, 0.25) is 0 Å². The number of hydrogen-bond donors (Lipinski definition) is 3. The van der Waals surface area contributed by atoms with Gasteiger partial charge >= 0.3 is 0 Å². The number of rotatable bonds is 3. The molecule has 4 N–H and O–H groups in total. The van der Waals surface area contributed by atoms with E-state index in [2.05, 4.69) is 33.0 Å². The first-order valence-corrected chi connectivity index (χ1v) is 4.35. The van der Waals surface area contributed by atoms with Gasteiger partial charge in [-0.2, -0.15) is 5.10 Å². The average Bonchev–Trinajstić information content (AvgIpc) is 2.18. The monoisotopic (exact) mass is 209 g/mol. The molecule has 6 heteroatoms. The van der Waals surface area contributed by atoms with Crippen molar-refractivity contribution in [2.24, 2.45) is 10.8 Å². The predicted molar refractivity (Wildman–Crippen MR) is 61.3 cm³/mol. The van der Waals surface area contributed by atoms with Crippen molar-refractivity contribution in [3.05, 3.63) is 24.0 Å². The smallest absolute Gasteiger partial charge is 0.184 e. The second-order valence-corrected chi connectivity index (χ2v) is 2.90. The minimum atomic E-state index is 0.132. The molecular weight excluding hydrogens is 198 g/mol. The van der Waals surface area contributed by atoms with Crippen LogP contribution in [0.5, 0.6) is 0 Å². The molecule has 0 amide bonds. The summed E-state index contributed by atoms with van der Waals surface area (Å²) in [6, 6.07) is 3.73. The highest BCUT2D eigenvalue weighted by molar-refractivity contribution is 7.80. The van der Waals surface area contributed by atoms with Crippen molar-refractivity contribution in [2.45, 2.75) is 0 Å². The van der Waals surface area contributed by atoms with E-state index in [1.807, 2.05) is 19.2 Å². The van der Waals surface area contributed by atoms with Gasteiger partial charge in [-0.05, 0) is 24.4 Å². The minimum Gasteiger partial charge on any atom is -0.387 e. The molecule has 0 aliphatic rings. The van der Waals surface area contributed by atoms with Gasteiger partial charge in [0.25, 0.3) is 0 Å². The summed E-state index contributed by atoms with van der Waals surface area (Å²) in [5.41, 5.74) is 9.30. The Labute approximate surface area is 87.4 Å². The Morgan fingerprint density at radius 2 is 2.43 bits per heavy atom. The standard InChI is InChI=1S/C8H11N5S/c1-10-6-2-3-7(11-4-6)5-12-13-8(9)14/h2-5,10H,1H3,(H3,9,13,14)/b12-5+. The number of hydrogen-bond acceptors (Lipinski definition) is 4. The van der Waals surface area contributed by atoms with Crippen LogP contribution in [-0.4, -0.2) is 23.4 Å². The summed E-state index contributed by atoms with van der Waals surface area (Å²) < 4.78 is 0. The molecule has 1 aromatic rings. The fraction of sp³-hybridized carbons (Fsp3) is 0.125. The molecule has 0 saturated heterocycles. The van der Waals surface area contributed by atoms with E-state index in [4.69, 9.17) is 5.73 Å². The molecule has 1 rings (SSSR count). The van der Waals surface area contributed by atoms with E-state index in [0.717, 1.165) is 11.4 Å². The molecule has 14 heavy (non-hydrogen) atoms. The average molecular weight is 209 g/mol. The lowest BCUT2D eigenvalue weighted by Crippen LogP contribution is -2.24. The Balaban J connectivity index is 2.59. The number of anilines is 1. The zero-order valence-corrected chi connectivity index (χ0v) is 8.51. The number of thiocarbonyl (C=S) groups is 1. The molecule has 0 radical (unpaired) electrons. The van der Waals surface area contributed by atoms with Crippen molar-refractivity contribution in [1.82, 2.24) is 10.4 Å². The molecular formula is C8H11N5S. The van der Waals surface area contributed by atoms with E-state index in [1.54, 1.807) is 12.4 Å². The minimum absolute atomic E-state index is 0.132. The third-order valence-corrected chi connectivity index (χ3v) is 1.54. The van der Waals surface area contributed by atoms with Crippen LogP contribution in [0.4, 0.5) is 5.69 Å². The lowest BCUT2D eigenvalue weighted by molar-refractivity contribution is 1.04. The highest BCUT2D eigenvalue weighted by atomic mass is 32.1. The van der Waals surface area contributed by atoms with Crippen LogP contribution in [0.15, 0.2) is 23.4 Å². The Kier molecular flexibility index (Phi) is 3.81. The van der Waals surface area contributed by atoms with Crippen molar-refractivity contribution in [1.29, 1.82) is 0 Å². The predicted octanol–water partition coefficient (Wildman–Crippen LogP) is 0.290. The van der Waals surface area contributed by atoms with Gasteiger partial charge in [0.15, 0.2) is 5.11 Å². The third kappa shape index (κ3) is 3.36. The molecule has 0 aromatic carbocycles. The Bertz CT molecular complexity index is 332. The summed E-state index contributed by atoms with van der Waals surface area (Å²) in [5.74, 6) is 0. The molecule has 0 saturated carbocycles. The summed E-state index contributed by atoms with van der Waals surface area (Å²) in [4.78, 5) is 4.11. The first-order chi connectivity index (χ1) is 6.72. The third-order valence-electron chi connectivity index (χ3n) is 1.45. The van der Waals surface area contributed by atoms with Gasteiger partial charge in [-0.15, -0.1) is 0 Å². The fourth-order valence-electron chi connectivity index (χ4n) is 0.792. The summed E-state index contributed by atoms with van der Waals surface area (Å²) in [6.45, 7) is 0. The molecule has 0 aliphatic heterocycles. The maximum absolute atomic E-state index is 5.18. The van der Waals surface area contributed by atoms with Crippen LogP contribution in [0.25, 0.3) is 0 Å². The summed E-state index contributed by atoms with van der Waals surface area (Å²) in [6.07, 6.45) is 3.25. The highest BCUT2D eigenvalue weighted by Gasteiger charge is 1.90. The van der Waals surface area contributed by atoms with E-state index in [9.17, 15) is 0 Å². The van der Waals surface area contributed by atoms with E-state index in [1.165, 1.54) is 0 Å². The van der Waals surface area contributed by atoms with Gasteiger partial charge in [0.1, 0.15) is 0 Å². The lowest BCUT2D eigenvalue weighted by Gasteiger charge is -1.98. The first-order valence-electron chi connectivity index (χ1n) is 3.94. The largest absolute Gasteiger partial charge is 0.387 e. The fourth-order valence-corrected chi connectivity index (χ4v) is 0.844. The first kappa shape index (κ1) is 10.4. The molecule has 0 fully saturated rings. The van der Waals surface area contributed by atoms with Crippen LogP contribution in [0.1, 0.15) is 5.69 Å². The second kappa shape index (κ2) is 5.13. The maximum atomic E-state index is 5.18. The van der Waals surface area contributed by atoms with Gasteiger partial charge in [-0.1, -0.05) is 0 Å². The van der Waals surface area contributed by atoms with Crippen LogP contribution in [0.3, 0.4) is 0 Å². The quantitative estimate of drug-likeness (QED) is 0.379. The Hall–Kier alpha value is -1.69. The van der Waals surface area contributed by atoms with Crippen molar-refractivity contribution < 1.29 is 0 Å².